The Morgan fingerprint density at radius 2 is 2.15 bits per heavy atom. The Morgan fingerprint density at radius 3 is 2.75 bits per heavy atom. The summed E-state index contributed by atoms with van der Waals surface area (Å²) in [7, 11) is 0. The van der Waals surface area contributed by atoms with Crippen LogP contribution in [0.5, 0.6) is 0 Å². The molecule has 1 aliphatic heterocycles. The lowest BCUT2D eigenvalue weighted by atomic mass is 10.1. The topological polar surface area (TPSA) is 64.4 Å². The molecule has 20 heavy (non-hydrogen) atoms. The van der Waals surface area contributed by atoms with E-state index in [0.29, 0.717) is 17.3 Å². The highest BCUT2D eigenvalue weighted by atomic mass is 32.1. The lowest BCUT2D eigenvalue weighted by molar-refractivity contribution is -0.120. The van der Waals surface area contributed by atoms with Crippen LogP contribution in [-0.4, -0.2) is 30.7 Å². The largest absolute Gasteiger partial charge is 0.389 e. The highest BCUT2D eigenvalue weighted by Gasteiger charge is 2.15. The molecule has 0 spiro atoms. The van der Waals surface area contributed by atoms with Gasteiger partial charge in [0.1, 0.15) is 4.99 Å². The van der Waals surface area contributed by atoms with Crippen molar-refractivity contribution in [3.63, 3.8) is 0 Å². The molecule has 0 aliphatic carbocycles. The summed E-state index contributed by atoms with van der Waals surface area (Å²) >= 11 is 4.89. The first kappa shape index (κ1) is 14.9. The SMILES string of the molecule is NC(=S)c1ccc(CC(=O)NCCC2CCOC2)cc1. The Bertz CT molecular complexity index is 467. The van der Waals surface area contributed by atoms with Gasteiger partial charge in [-0.1, -0.05) is 36.5 Å². The molecule has 1 atom stereocenters. The number of nitrogens with two attached hydrogens (primary N) is 1. The molecule has 1 aliphatic rings. The fourth-order valence-electron chi connectivity index (χ4n) is 2.26. The molecule has 2 rings (SSSR count). The minimum absolute atomic E-state index is 0.0481. The normalized spacial score (nSPS) is 17.9. The van der Waals surface area contributed by atoms with Gasteiger partial charge in [0.15, 0.2) is 0 Å². The third-order valence-corrected chi connectivity index (χ3v) is 3.74. The van der Waals surface area contributed by atoms with Crippen LogP contribution < -0.4 is 11.1 Å². The molecule has 0 aromatic heterocycles. The van der Waals surface area contributed by atoms with Crippen molar-refractivity contribution in [1.82, 2.24) is 5.32 Å². The van der Waals surface area contributed by atoms with Gasteiger partial charge in [0.25, 0.3) is 0 Å². The molecule has 0 bridgehead atoms. The van der Waals surface area contributed by atoms with Crippen molar-refractivity contribution in [2.75, 3.05) is 19.8 Å². The molecule has 3 N–H and O–H groups in total. The van der Waals surface area contributed by atoms with Crippen molar-refractivity contribution in [2.24, 2.45) is 11.7 Å². The number of benzene rings is 1. The van der Waals surface area contributed by atoms with Crippen LogP contribution in [0, 0.1) is 5.92 Å². The third kappa shape index (κ3) is 4.58. The fraction of sp³-hybridized carbons (Fsp3) is 0.467. The molecule has 1 saturated heterocycles. The first-order valence-corrected chi connectivity index (χ1v) is 7.29. The average Bonchev–Trinajstić information content (AvgIpc) is 2.92. The number of hydrogen-bond donors (Lipinski definition) is 2. The van der Waals surface area contributed by atoms with Crippen LogP contribution in [0.15, 0.2) is 24.3 Å². The van der Waals surface area contributed by atoms with Crippen LogP contribution in [-0.2, 0) is 16.0 Å². The van der Waals surface area contributed by atoms with Crippen molar-refractivity contribution >= 4 is 23.1 Å². The minimum atomic E-state index is 0.0481. The Kier molecular flexibility index (Phi) is 5.49. The van der Waals surface area contributed by atoms with Crippen LogP contribution in [0.25, 0.3) is 0 Å². The van der Waals surface area contributed by atoms with E-state index >= 15 is 0 Å². The van der Waals surface area contributed by atoms with Gasteiger partial charge in [0, 0.05) is 25.3 Å². The number of nitrogens with one attached hydrogen (secondary N) is 1. The van der Waals surface area contributed by atoms with Crippen LogP contribution >= 0.6 is 12.2 Å². The molecule has 1 aromatic carbocycles. The summed E-state index contributed by atoms with van der Waals surface area (Å²) in [6.07, 6.45) is 2.49. The zero-order valence-electron chi connectivity index (χ0n) is 11.4. The molecule has 1 aromatic rings. The van der Waals surface area contributed by atoms with E-state index in [1.54, 1.807) is 0 Å². The lowest BCUT2D eigenvalue weighted by Crippen LogP contribution is -2.27. The van der Waals surface area contributed by atoms with Gasteiger partial charge in [-0.25, -0.2) is 0 Å². The number of thiocarbonyl (C=S) groups is 1. The predicted octanol–water partition coefficient (Wildman–Crippen LogP) is 1.41. The second kappa shape index (κ2) is 7.36. The molecule has 5 heteroatoms. The zero-order chi connectivity index (χ0) is 14.4. The van der Waals surface area contributed by atoms with Crippen molar-refractivity contribution < 1.29 is 9.53 Å². The quantitative estimate of drug-likeness (QED) is 0.778. The number of carbonyl (C=O) groups is 1. The number of ether oxygens (including phenoxy) is 1. The molecule has 1 unspecified atom stereocenters. The Morgan fingerprint density at radius 1 is 1.40 bits per heavy atom. The smallest absolute Gasteiger partial charge is 0.224 e. The first-order valence-electron chi connectivity index (χ1n) is 6.88. The Labute approximate surface area is 124 Å². The molecule has 0 radical (unpaired) electrons. The van der Waals surface area contributed by atoms with Gasteiger partial charge in [0.2, 0.25) is 5.91 Å². The summed E-state index contributed by atoms with van der Waals surface area (Å²) in [5, 5.41) is 2.95. The number of rotatable bonds is 6. The summed E-state index contributed by atoms with van der Waals surface area (Å²) in [4.78, 5) is 12.2. The molecular weight excluding hydrogens is 272 g/mol. The highest BCUT2D eigenvalue weighted by Crippen LogP contribution is 2.15. The van der Waals surface area contributed by atoms with Gasteiger partial charge in [0.05, 0.1) is 6.42 Å². The van der Waals surface area contributed by atoms with Gasteiger partial charge < -0.3 is 15.8 Å². The first-order chi connectivity index (χ1) is 9.65. The van der Waals surface area contributed by atoms with E-state index in [4.69, 9.17) is 22.7 Å². The van der Waals surface area contributed by atoms with E-state index in [2.05, 4.69) is 5.32 Å². The van der Waals surface area contributed by atoms with E-state index < -0.39 is 0 Å². The van der Waals surface area contributed by atoms with Crippen LogP contribution in [0.3, 0.4) is 0 Å². The van der Waals surface area contributed by atoms with E-state index in [9.17, 15) is 4.79 Å². The second-order valence-electron chi connectivity index (χ2n) is 5.11. The van der Waals surface area contributed by atoms with Crippen LogP contribution in [0.4, 0.5) is 0 Å². The number of amides is 1. The lowest BCUT2D eigenvalue weighted by Gasteiger charge is -2.09. The molecule has 0 saturated carbocycles. The van der Waals surface area contributed by atoms with Crippen molar-refractivity contribution in [1.29, 1.82) is 0 Å². The predicted molar refractivity (Wildman–Crippen MR) is 82.6 cm³/mol. The van der Waals surface area contributed by atoms with E-state index in [1.807, 2.05) is 24.3 Å². The molecule has 1 fully saturated rings. The van der Waals surface area contributed by atoms with Crippen molar-refractivity contribution in [3.8, 4) is 0 Å². The summed E-state index contributed by atoms with van der Waals surface area (Å²) < 4.78 is 5.31. The van der Waals surface area contributed by atoms with Gasteiger partial charge in [-0.15, -0.1) is 0 Å². The number of hydrogen-bond acceptors (Lipinski definition) is 3. The van der Waals surface area contributed by atoms with Gasteiger partial charge in [-0.05, 0) is 24.3 Å². The van der Waals surface area contributed by atoms with Crippen LogP contribution in [0.1, 0.15) is 24.0 Å². The van der Waals surface area contributed by atoms with E-state index in [1.165, 1.54) is 0 Å². The summed E-state index contributed by atoms with van der Waals surface area (Å²) in [6.45, 7) is 2.40. The maximum atomic E-state index is 11.8. The molecule has 108 valence electrons. The second-order valence-corrected chi connectivity index (χ2v) is 5.55. The molecule has 4 nitrogen and oxygen atoms in total. The fourth-order valence-corrected chi connectivity index (χ4v) is 2.40. The Hall–Kier alpha value is -1.46. The summed E-state index contributed by atoms with van der Waals surface area (Å²) in [5.41, 5.74) is 7.32. The number of carbonyl (C=O) groups excluding carboxylic acids is 1. The third-order valence-electron chi connectivity index (χ3n) is 3.50. The Balaban J connectivity index is 1.71. The monoisotopic (exact) mass is 292 g/mol. The zero-order valence-corrected chi connectivity index (χ0v) is 12.2. The summed E-state index contributed by atoms with van der Waals surface area (Å²) in [6, 6.07) is 7.47. The minimum Gasteiger partial charge on any atom is -0.389 e. The standard InChI is InChI=1S/C15H20N2O2S/c16-15(20)13-3-1-11(2-4-13)9-14(18)17-7-5-12-6-8-19-10-12/h1-4,12H,5-10H2,(H2,16,20)(H,17,18). The highest BCUT2D eigenvalue weighted by molar-refractivity contribution is 7.80. The maximum absolute atomic E-state index is 11.8. The van der Waals surface area contributed by atoms with Crippen molar-refractivity contribution in [2.45, 2.75) is 19.3 Å². The van der Waals surface area contributed by atoms with E-state index in [-0.39, 0.29) is 5.91 Å². The van der Waals surface area contributed by atoms with Crippen LogP contribution in [0.2, 0.25) is 0 Å². The van der Waals surface area contributed by atoms with Gasteiger partial charge in [-0.2, -0.15) is 0 Å². The average molecular weight is 292 g/mol. The van der Waals surface area contributed by atoms with Crippen molar-refractivity contribution in [3.05, 3.63) is 35.4 Å². The molecule has 1 amide bonds. The summed E-state index contributed by atoms with van der Waals surface area (Å²) in [5.74, 6) is 0.646. The van der Waals surface area contributed by atoms with E-state index in [0.717, 1.165) is 43.7 Å². The molecule has 1 heterocycles. The van der Waals surface area contributed by atoms with Gasteiger partial charge >= 0.3 is 0 Å². The molecular formula is C15H20N2O2S. The maximum Gasteiger partial charge on any atom is 0.224 e. The van der Waals surface area contributed by atoms with Gasteiger partial charge in [-0.3, -0.25) is 4.79 Å².